The van der Waals surface area contributed by atoms with E-state index in [0.29, 0.717) is 5.75 Å². The van der Waals surface area contributed by atoms with Crippen molar-refractivity contribution in [1.29, 1.82) is 0 Å². The number of methoxy groups -OCH3 is 2. The molecule has 128 valence electrons. The molecule has 0 saturated carbocycles. The molecule has 1 amide bonds. The highest BCUT2D eigenvalue weighted by Gasteiger charge is 2.36. The lowest BCUT2D eigenvalue weighted by molar-refractivity contribution is -0.115. The molecule has 1 aromatic heterocycles. The zero-order chi connectivity index (χ0) is 17.4. The minimum Gasteiger partial charge on any atom is -0.497 e. The van der Waals surface area contributed by atoms with E-state index < -0.39 is 0 Å². The highest BCUT2D eigenvalue weighted by atomic mass is 32.2. The van der Waals surface area contributed by atoms with Crippen molar-refractivity contribution >= 4 is 34.3 Å². The third-order valence-electron chi connectivity index (χ3n) is 4.27. The number of nitrogens with zero attached hydrogens (tertiary/aromatic N) is 2. The first-order chi connectivity index (χ1) is 12.2. The number of hydrogen-bond acceptors (Lipinski definition) is 5. The van der Waals surface area contributed by atoms with Gasteiger partial charge in [-0.1, -0.05) is 0 Å². The molecule has 2 heterocycles. The van der Waals surface area contributed by atoms with Crippen molar-refractivity contribution in [3.05, 3.63) is 48.2 Å². The fourth-order valence-electron chi connectivity index (χ4n) is 3.05. The summed E-state index contributed by atoms with van der Waals surface area (Å²) < 4.78 is 10.9. The molecule has 0 radical (unpaired) electrons. The highest BCUT2D eigenvalue weighted by molar-refractivity contribution is 8.00. The number of hydrogen-bond donors (Lipinski definition) is 1. The van der Waals surface area contributed by atoms with Crippen LogP contribution in [0.4, 0.5) is 5.69 Å². The zero-order valence-corrected chi connectivity index (χ0v) is 14.7. The minimum absolute atomic E-state index is 0.0720. The third kappa shape index (κ3) is 2.70. The Kier molecular flexibility index (Phi) is 4.01. The van der Waals surface area contributed by atoms with Gasteiger partial charge >= 0.3 is 0 Å². The number of ether oxygens (including phenoxy) is 2. The van der Waals surface area contributed by atoms with Gasteiger partial charge in [0.15, 0.2) is 0 Å². The molecule has 1 aliphatic rings. The topological polar surface area (TPSA) is 67.5 Å². The molecule has 0 bridgehead atoms. The van der Waals surface area contributed by atoms with Crippen LogP contribution in [0.15, 0.2) is 42.6 Å². The maximum absolute atomic E-state index is 12.6. The predicted octanol–water partition coefficient (Wildman–Crippen LogP) is 3.36. The number of anilines is 1. The molecule has 7 heteroatoms. The van der Waals surface area contributed by atoms with Crippen molar-refractivity contribution in [3.63, 3.8) is 0 Å². The predicted molar refractivity (Wildman–Crippen MR) is 98.3 cm³/mol. The second kappa shape index (κ2) is 6.33. The first kappa shape index (κ1) is 15.8. The summed E-state index contributed by atoms with van der Waals surface area (Å²) in [6.07, 6.45) is 1.76. The fraction of sp³-hybridized carbons (Fsp3) is 0.222. The average Bonchev–Trinajstić information content (AvgIpc) is 3.26. The lowest BCUT2D eigenvalue weighted by Gasteiger charge is -2.26. The van der Waals surface area contributed by atoms with Gasteiger partial charge in [-0.05, 0) is 36.4 Å². The van der Waals surface area contributed by atoms with Gasteiger partial charge in [0.2, 0.25) is 5.91 Å². The molecule has 0 aliphatic carbocycles. The van der Waals surface area contributed by atoms with Crippen LogP contribution in [0.5, 0.6) is 11.5 Å². The molecule has 1 fully saturated rings. The number of H-pyrrole nitrogens is 1. The third-order valence-corrected chi connectivity index (χ3v) is 5.47. The second-order valence-corrected chi connectivity index (χ2v) is 6.75. The van der Waals surface area contributed by atoms with Crippen LogP contribution in [-0.4, -0.2) is 36.1 Å². The molecule has 1 unspecified atom stereocenters. The summed E-state index contributed by atoms with van der Waals surface area (Å²) in [6, 6.07) is 11.5. The lowest BCUT2D eigenvalue weighted by atomic mass is 10.1. The van der Waals surface area contributed by atoms with Crippen LogP contribution in [-0.2, 0) is 4.79 Å². The van der Waals surface area contributed by atoms with Crippen LogP contribution in [0.2, 0.25) is 0 Å². The number of amides is 1. The molecular formula is C18H17N3O3S. The summed E-state index contributed by atoms with van der Waals surface area (Å²) >= 11 is 1.58. The molecule has 4 rings (SSSR count). The van der Waals surface area contributed by atoms with Crippen molar-refractivity contribution in [1.82, 2.24) is 10.2 Å². The number of carbonyl (C=O) groups excluding carboxylic acids is 1. The van der Waals surface area contributed by atoms with Crippen LogP contribution >= 0.6 is 11.8 Å². The normalized spacial score (nSPS) is 17.3. The van der Waals surface area contributed by atoms with Gasteiger partial charge in [0, 0.05) is 16.6 Å². The van der Waals surface area contributed by atoms with Crippen LogP contribution in [0.1, 0.15) is 10.9 Å². The van der Waals surface area contributed by atoms with E-state index in [-0.39, 0.29) is 11.3 Å². The number of carbonyl (C=O) groups is 1. The van der Waals surface area contributed by atoms with E-state index >= 15 is 0 Å². The van der Waals surface area contributed by atoms with Gasteiger partial charge in [-0.25, -0.2) is 0 Å². The Bertz CT molecular complexity index is 940. The Morgan fingerprint density at radius 1 is 1.20 bits per heavy atom. The van der Waals surface area contributed by atoms with Gasteiger partial charge < -0.3 is 9.47 Å². The lowest BCUT2D eigenvalue weighted by Crippen LogP contribution is -2.28. The van der Waals surface area contributed by atoms with Gasteiger partial charge in [0.1, 0.15) is 16.9 Å². The monoisotopic (exact) mass is 355 g/mol. The van der Waals surface area contributed by atoms with Gasteiger partial charge in [-0.3, -0.25) is 14.8 Å². The molecule has 2 aromatic carbocycles. The molecule has 3 aromatic rings. The number of aromatic nitrogens is 2. The van der Waals surface area contributed by atoms with Crippen LogP contribution in [0.3, 0.4) is 0 Å². The van der Waals surface area contributed by atoms with E-state index in [4.69, 9.17) is 9.47 Å². The van der Waals surface area contributed by atoms with Crippen molar-refractivity contribution in [2.45, 2.75) is 5.37 Å². The van der Waals surface area contributed by atoms with Crippen LogP contribution in [0.25, 0.3) is 10.9 Å². The van der Waals surface area contributed by atoms with Gasteiger partial charge in [0.05, 0.1) is 31.7 Å². The van der Waals surface area contributed by atoms with Crippen molar-refractivity contribution in [2.24, 2.45) is 0 Å². The molecule has 6 nitrogen and oxygen atoms in total. The number of benzene rings is 2. The number of fused-ring (bicyclic) bond motifs is 1. The number of rotatable bonds is 4. The van der Waals surface area contributed by atoms with Crippen molar-refractivity contribution < 1.29 is 14.3 Å². The summed E-state index contributed by atoms with van der Waals surface area (Å²) in [5, 5.41) is 7.78. The van der Waals surface area contributed by atoms with E-state index in [1.165, 1.54) is 0 Å². The van der Waals surface area contributed by atoms with Gasteiger partial charge in [-0.15, -0.1) is 11.8 Å². The largest absolute Gasteiger partial charge is 0.497 e. The molecule has 1 aliphatic heterocycles. The Morgan fingerprint density at radius 3 is 2.88 bits per heavy atom. The smallest absolute Gasteiger partial charge is 0.238 e. The number of aromatic amines is 1. The molecule has 1 N–H and O–H groups in total. The van der Waals surface area contributed by atoms with E-state index in [9.17, 15) is 4.79 Å². The summed E-state index contributed by atoms with van der Waals surface area (Å²) in [5.74, 6) is 1.97. The Morgan fingerprint density at radius 2 is 2.08 bits per heavy atom. The second-order valence-electron chi connectivity index (χ2n) is 5.68. The summed E-state index contributed by atoms with van der Waals surface area (Å²) in [5.41, 5.74) is 2.71. The highest BCUT2D eigenvalue weighted by Crippen LogP contribution is 2.46. The SMILES string of the molecule is COc1ccc(OC)c(C2SCC(=O)N2c2ccc3[nH]ncc3c2)c1. The first-order valence-electron chi connectivity index (χ1n) is 7.80. The number of nitrogens with one attached hydrogen (secondary N) is 1. The fourth-order valence-corrected chi connectivity index (χ4v) is 4.24. The summed E-state index contributed by atoms with van der Waals surface area (Å²) in [6.45, 7) is 0. The number of thioether (sulfide) groups is 1. The maximum atomic E-state index is 12.6. The van der Waals surface area contributed by atoms with Crippen LogP contribution < -0.4 is 14.4 Å². The van der Waals surface area contributed by atoms with Crippen molar-refractivity contribution in [2.75, 3.05) is 24.9 Å². The maximum Gasteiger partial charge on any atom is 0.238 e. The first-order valence-corrected chi connectivity index (χ1v) is 8.85. The molecule has 1 saturated heterocycles. The average molecular weight is 355 g/mol. The van der Waals surface area contributed by atoms with Crippen LogP contribution in [0, 0.1) is 0 Å². The van der Waals surface area contributed by atoms with E-state index in [1.54, 1.807) is 32.2 Å². The minimum atomic E-state index is -0.165. The molecule has 0 spiro atoms. The van der Waals surface area contributed by atoms with E-state index in [2.05, 4.69) is 10.2 Å². The quantitative estimate of drug-likeness (QED) is 0.777. The standard InChI is InChI=1S/C18H17N3O3S/c1-23-13-4-6-16(24-2)14(8-13)18-21(17(22)10-25-18)12-3-5-15-11(7-12)9-19-20-15/h3-9,18H,10H2,1-2H3,(H,19,20). The van der Waals surface area contributed by atoms with E-state index in [0.717, 1.165) is 33.7 Å². The van der Waals surface area contributed by atoms with E-state index in [1.807, 2.05) is 41.3 Å². The summed E-state index contributed by atoms with van der Waals surface area (Å²) in [7, 11) is 3.26. The molecule has 25 heavy (non-hydrogen) atoms. The molecule has 1 atom stereocenters. The molecular weight excluding hydrogens is 338 g/mol. The van der Waals surface area contributed by atoms with Gasteiger partial charge in [-0.2, -0.15) is 5.10 Å². The van der Waals surface area contributed by atoms with Gasteiger partial charge in [0.25, 0.3) is 0 Å². The Hall–Kier alpha value is -2.67. The Labute approximate surface area is 149 Å². The Balaban J connectivity index is 1.80. The zero-order valence-electron chi connectivity index (χ0n) is 13.9. The summed E-state index contributed by atoms with van der Waals surface area (Å²) in [4.78, 5) is 14.4. The van der Waals surface area contributed by atoms with Crippen molar-refractivity contribution in [3.8, 4) is 11.5 Å².